The molecule has 0 radical (unpaired) electrons. The fraction of sp³-hybridized carbons (Fsp3) is 0.360. The molecule has 0 N–H and O–H groups in total. The molecule has 2 heterocycles. The van der Waals surface area contributed by atoms with Gasteiger partial charge in [-0.25, -0.2) is 0 Å². The fourth-order valence-corrected chi connectivity index (χ4v) is 5.38. The predicted molar refractivity (Wildman–Crippen MR) is 130 cm³/mol. The molecule has 0 bridgehead atoms. The molecule has 2 aromatic carbocycles. The quantitative estimate of drug-likeness (QED) is 0.578. The van der Waals surface area contributed by atoms with Crippen LogP contribution in [-0.4, -0.2) is 51.3 Å². The van der Waals surface area contributed by atoms with Gasteiger partial charge in [0.15, 0.2) is 11.5 Å². The molecule has 1 atom stereocenters. The molecule has 4 rings (SSSR count). The Morgan fingerprint density at radius 1 is 1.06 bits per heavy atom. The molecular formula is C25H27N3O5S. The fourth-order valence-electron chi connectivity index (χ4n) is 4.22. The summed E-state index contributed by atoms with van der Waals surface area (Å²) in [7, 11) is 4.79. The smallest absolute Gasteiger partial charge is 0.229 e. The van der Waals surface area contributed by atoms with Crippen molar-refractivity contribution in [2.45, 2.75) is 19.3 Å². The van der Waals surface area contributed by atoms with Gasteiger partial charge in [0.25, 0.3) is 0 Å². The van der Waals surface area contributed by atoms with Crippen LogP contribution in [0, 0.1) is 11.3 Å². The third kappa shape index (κ3) is 4.33. The van der Waals surface area contributed by atoms with Crippen molar-refractivity contribution in [1.29, 1.82) is 5.26 Å². The van der Waals surface area contributed by atoms with Crippen molar-refractivity contribution < 1.29 is 23.7 Å². The van der Waals surface area contributed by atoms with Gasteiger partial charge in [0, 0.05) is 18.4 Å². The number of fused-ring (bicyclic) bond motifs is 1. The lowest BCUT2D eigenvalue weighted by Crippen LogP contribution is -2.47. The second-order valence-corrected chi connectivity index (χ2v) is 8.68. The highest BCUT2D eigenvalue weighted by atomic mass is 32.2. The Labute approximate surface area is 203 Å². The van der Waals surface area contributed by atoms with Crippen LogP contribution in [0.15, 0.2) is 47.0 Å². The van der Waals surface area contributed by atoms with E-state index >= 15 is 0 Å². The predicted octanol–water partition coefficient (Wildman–Crippen LogP) is 4.33. The van der Waals surface area contributed by atoms with E-state index in [9.17, 15) is 10.1 Å². The van der Waals surface area contributed by atoms with Gasteiger partial charge in [-0.15, -0.1) is 0 Å². The molecule has 2 aliphatic heterocycles. The molecule has 34 heavy (non-hydrogen) atoms. The van der Waals surface area contributed by atoms with Gasteiger partial charge in [-0.3, -0.25) is 9.69 Å². The molecule has 9 heteroatoms. The molecule has 0 aromatic heterocycles. The van der Waals surface area contributed by atoms with E-state index in [1.807, 2.05) is 43.3 Å². The summed E-state index contributed by atoms with van der Waals surface area (Å²) in [5, 5.41) is 10.8. The first-order valence-electron chi connectivity index (χ1n) is 10.9. The number of ether oxygens (including phenoxy) is 4. The number of methoxy groups -OCH3 is 3. The van der Waals surface area contributed by atoms with Crippen molar-refractivity contribution in [3.63, 3.8) is 0 Å². The number of nitriles is 1. The highest BCUT2D eigenvalue weighted by Gasteiger charge is 2.39. The molecular weight excluding hydrogens is 454 g/mol. The Kier molecular flexibility index (Phi) is 7.08. The molecule has 2 aromatic rings. The first-order valence-corrected chi connectivity index (χ1v) is 11.9. The van der Waals surface area contributed by atoms with Gasteiger partial charge in [0.1, 0.15) is 11.5 Å². The Balaban J connectivity index is 1.65. The average Bonchev–Trinajstić information content (AvgIpc) is 2.88. The normalized spacial score (nSPS) is 17.7. The molecule has 0 saturated carbocycles. The number of hydrogen-bond acceptors (Lipinski definition) is 8. The van der Waals surface area contributed by atoms with Crippen LogP contribution in [0.3, 0.4) is 0 Å². The number of benzene rings is 2. The molecule has 1 fully saturated rings. The first-order chi connectivity index (χ1) is 16.5. The zero-order valence-electron chi connectivity index (χ0n) is 19.7. The van der Waals surface area contributed by atoms with Gasteiger partial charge < -0.3 is 23.8 Å². The highest BCUT2D eigenvalue weighted by Crippen LogP contribution is 2.45. The van der Waals surface area contributed by atoms with Crippen molar-refractivity contribution in [2.24, 2.45) is 0 Å². The zero-order valence-corrected chi connectivity index (χ0v) is 20.5. The lowest BCUT2D eigenvalue weighted by molar-refractivity contribution is -0.129. The topological polar surface area (TPSA) is 84.3 Å². The number of carbonyl (C=O) groups excluding carboxylic acids is 1. The van der Waals surface area contributed by atoms with Crippen LogP contribution in [0.2, 0.25) is 0 Å². The van der Waals surface area contributed by atoms with Crippen molar-refractivity contribution in [3.05, 3.63) is 52.6 Å². The van der Waals surface area contributed by atoms with E-state index in [1.165, 1.54) is 11.8 Å². The maximum atomic E-state index is 13.3. The number of hydrogen-bond donors (Lipinski definition) is 0. The second-order valence-electron chi connectivity index (χ2n) is 7.74. The molecule has 1 amide bonds. The first kappa shape index (κ1) is 23.6. The molecule has 0 spiro atoms. The van der Waals surface area contributed by atoms with Gasteiger partial charge in [-0.05, 0) is 36.8 Å². The minimum absolute atomic E-state index is 0.0310. The number of nitrogens with zero attached hydrogens (tertiary/aromatic N) is 3. The summed E-state index contributed by atoms with van der Waals surface area (Å²) in [6, 6.07) is 13.6. The number of anilines is 1. The third-order valence-electron chi connectivity index (χ3n) is 5.91. The van der Waals surface area contributed by atoms with Crippen LogP contribution in [0.4, 0.5) is 5.69 Å². The van der Waals surface area contributed by atoms with Crippen molar-refractivity contribution >= 4 is 23.4 Å². The maximum absolute atomic E-state index is 13.3. The largest absolute Gasteiger partial charge is 0.497 e. The lowest BCUT2D eigenvalue weighted by Gasteiger charge is -2.42. The van der Waals surface area contributed by atoms with Crippen molar-refractivity contribution in [2.75, 3.05) is 45.4 Å². The van der Waals surface area contributed by atoms with Gasteiger partial charge >= 0.3 is 0 Å². The molecule has 1 unspecified atom stereocenters. The molecule has 1 saturated heterocycles. The molecule has 2 aliphatic rings. The van der Waals surface area contributed by atoms with Crippen LogP contribution in [-0.2, 0) is 4.79 Å². The standard InChI is InChI=1S/C25H27N3O5S/c1-5-33-21-9-6-16(10-23(21)32-4)18-12-24(29)28-14-27(15-34-25(28)19(18)13-26)20-8-7-17(30-2)11-22(20)31-3/h6-11,18H,5,12,14-15H2,1-4H3. The minimum Gasteiger partial charge on any atom is -0.497 e. The second kappa shape index (κ2) is 10.2. The van der Waals surface area contributed by atoms with Crippen LogP contribution in [0.5, 0.6) is 23.0 Å². The Hall–Kier alpha value is -3.51. The highest BCUT2D eigenvalue weighted by molar-refractivity contribution is 8.03. The summed E-state index contributed by atoms with van der Waals surface area (Å²) in [5.74, 6) is 2.80. The number of rotatable bonds is 7. The van der Waals surface area contributed by atoms with E-state index in [0.29, 0.717) is 52.8 Å². The van der Waals surface area contributed by atoms with Gasteiger partial charge in [-0.1, -0.05) is 17.8 Å². The Bertz CT molecular complexity index is 1160. The maximum Gasteiger partial charge on any atom is 0.229 e. The number of thioether (sulfide) groups is 1. The summed E-state index contributed by atoms with van der Waals surface area (Å²) in [4.78, 5) is 17.0. The van der Waals surface area contributed by atoms with Gasteiger partial charge in [0.2, 0.25) is 5.91 Å². The van der Waals surface area contributed by atoms with Crippen LogP contribution in [0.25, 0.3) is 0 Å². The summed E-state index contributed by atoms with van der Waals surface area (Å²) in [5.41, 5.74) is 2.31. The van der Waals surface area contributed by atoms with Crippen molar-refractivity contribution in [1.82, 2.24) is 4.90 Å². The summed E-state index contributed by atoms with van der Waals surface area (Å²) in [6.45, 7) is 2.77. The molecule has 178 valence electrons. The van der Waals surface area contributed by atoms with Crippen LogP contribution in [0.1, 0.15) is 24.8 Å². The van der Waals surface area contributed by atoms with E-state index in [1.54, 1.807) is 26.2 Å². The van der Waals surface area contributed by atoms with E-state index in [-0.39, 0.29) is 18.2 Å². The average molecular weight is 482 g/mol. The Morgan fingerprint density at radius 2 is 1.85 bits per heavy atom. The summed E-state index contributed by atoms with van der Waals surface area (Å²) in [6.07, 6.45) is 0.206. The third-order valence-corrected chi connectivity index (χ3v) is 7.07. The molecule has 8 nitrogen and oxygen atoms in total. The number of amides is 1. The van der Waals surface area contributed by atoms with E-state index in [2.05, 4.69) is 11.0 Å². The number of carbonyl (C=O) groups is 1. The van der Waals surface area contributed by atoms with Crippen LogP contribution < -0.4 is 23.8 Å². The Morgan fingerprint density at radius 3 is 2.53 bits per heavy atom. The summed E-state index contributed by atoms with van der Waals surface area (Å²) >= 11 is 1.48. The SMILES string of the molecule is CCOc1ccc(C2CC(=O)N3CN(c4ccc(OC)cc4OC)CSC3=C2C#N)cc1OC. The van der Waals surface area contributed by atoms with E-state index < -0.39 is 0 Å². The van der Waals surface area contributed by atoms with E-state index in [4.69, 9.17) is 18.9 Å². The van der Waals surface area contributed by atoms with Gasteiger partial charge in [0.05, 0.1) is 62.8 Å². The zero-order chi connectivity index (χ0) is 24.2. The van der Waals surface area contributed by atoms with Gasteiger partial charge in [-0.2, -0.15) is 5.26 Å². The minimum atomic E-state index is -0.331. The van der Waals surface area contributed by atoms with Crippen LogP contribution >= 0.6 is 11.8 Å². The van der Waals surface area contributed by atoms with Crippen molar-refractivity contribution in [3.8, 4) is 29.1 Å². The molecule has 0 aliphatic carbocycles. The van der Waals surface area contributed by atoms with E-state index in [0.717, 1.165) is 11.3 Å². The lowest BCUT2D eigenvalue weighted by atomic mass is 9.86. The summed E-state index contributed by atoms with van der Waals surface area (Å²) < 4.78 is 21.9. The number of allylic oxidation sites excluding steroid dienone is 1. The monoisotopic (exact) mass is 481 g/mol.